The number of hydrogen-bond acceptors (Lipinski definition) is 3. The van der Waals surface area contributed by atoms with Gasteiger partial charge < -0.3 is 4.74 Å². The van der Waals surface area contributed by atoms with Gasteiger partial charge in [-0.1, -0.05) is 12.1 Å². The van der Waals surface area contributed by atoms with Crippen LogP contribution in [0.1, 0.15) is 22.3 Å². The lowest BCUT2D eigenvalue weighted by molar-refractivity contribution is 0.214. The minimum Gasteiger partial charge on any atom is -0.410 e. The maximum atomic E-state index is 12.2. The Morgan fingerprint density at radius 2 is 1.64 bits per heavy atom. The summed E-state index contributed by atoms with van der Waals surface area (Å²) in [5.41, 5.74) is 4.80. The van der Waals surface area contributed by atoms with E-state index in [1.165, 1.54) is 0 Å². The number of benzene rings is 2. The van der Waals surface area contributed by atoms with E-state index in [2.05, 4.69) is 5.32 Å². The second-order valence-electron chi connectivity index (χ2n) is 5.42. The summed E-state index contributed by atoms with van der Waals surface area (Å²) in [4.78, 5) is 13.3. The molecular formula is C18H21NO2S. The van der Waals surface area contributed by atoms with E-state index in [1.807, 2.05) is 64.3 Å². The van der Waals surface area contributed by atoms with Gasteiger partial charge in [0.15, 0.2) is 0 Å². The van der Waals surface area contributed by atoms with Crippen LogP contribution in [0.5, 0.6) is 5.75 Å². The highest BCUT2D eigenvalue weighted by Gasteiger charge is 2.12. The molecule has 0 aromatic heterocycles. The zero-order valence-corrected chi connectivity index (χ0v) is 14.4. The first-order chi connectivity index (χ1) is 10.4. The molecular weight excluding hydrogens is 294 g/mol. The molecule has 2 aromatic carbocycles. The topological polar surface area (TPSA) is 38.3 Å². The van der Waals surface area contributed by atoms with Crippen LogP contribution in [0.2, 0.25) is 0 Å². The second kappa shape index (κ2) is 6.88. The van der Waals surface area contributed by atoms with Gasteiger partial charge in [0, 0.05) is 10.6 Å². The number of amides is 1. The fourth-order valence-corrected chi connectivity index (χ4v) is 2.88. The van der Waals surface area contributed by atoms with Crippen molar-refractivity contribution >= 4 is 23.5 Å². The molecule has 0 fully saturated rings. The van der Waals surface area contributed by atoms with Crippen LogP contribution in [0.4, 0.5) is 10.5 Å². The SMILES string of the molecule is CSc1cc(C)c(OC(=O)Nc2cc(C)ccc2C)c(C)c1. The van der Waals surface area contributed by atoms with E-state index in [-0.39, 0.29) is 0 Å². The van der Waals surface area contributed by atoms with Crippen molar-refractivity contribution < 1.29 is 9.53 Å². The van der Waals surface area contributed by atoms with Crippen LogP contribution >= 0.6 is 11.8 Å². The molecule has 0 heterocycles. The predicted molar refractivity (Wildman–Crippen MR) is 93.3 cm³/mol. The fourth-order valence-electron chi connectivity index (χ4n) is 2.29. The Hall–Kier alpha value is -1.94. The van der Waals surface area contributed by atoms with Crippen molar-refractivity contribution in [2.45, 2.75) is 32.6 Å². The number of aryl methyl sites for hydroxylation is 4. The van der Waals surface area contributed by atoms with Gasteiger partial charge in [-0.15, -0.1) is 11.8 Å². The molecule has 116 valence electrons. The zero-order chi connectivity index (χ0) is 16.3. The lowest BCUT2D eigenvalue weighted by atomic mass is 10.1. The Morgan fingerprint density at radius 3 is 2.23 bits per heavy atom. The van der Waals surface area contributed by atoms with Crippen LogP contribution in [0.25, 0.3) is 0 Å². The Morgan fingerprint density at radius 1 is 1.00 bits per heavy atom. The molecule has 1 amide bonds. The molecule has 2 rings (SSSR count). The fraction of sp³-hybridized carbons (Fsp3) is 0.278. The van der Waals surface area contributed by atoms with Gasteiger partial charge in [-0.05, 0) is 74.4 Å². The molecule has 0 spiro atoms. The first-order valence-electron chi connectivity index (χ1n) is 7.12. The van der Waals surface area contributed by atoms with E-state index >= 15 is 0 Å². The van der Waals surface area contributed by atoms with Crippen LogP contribution in [0, 0.1) is 27.7 Å². The standard InChI is InChI=1S/C18H21NO2S/c1-11-6-7-12(2)16(8-11)19-18(20)21-17-13(3)9-15(22-5)10-14(17)4/h6-10H,1-5H3,(H,19,20). The Kier molecular flexibility index (Phi) is 5.14. The van der Waals surface area contributed by atoms with Crippen LogP contribution in [0.3, 0.4) is 0 Å². The molecule has 0 atom stereocenters. The van der Waals surface area contributed by atoms with E-state index in [1.54, 1.807) is 11.8 Å². The smallest absolute Gasteiger partial charge is 0.410 e. The van der Waals surface area contributed by atoms with Crippen molar-refractivity contribution in [3.63, 3.8) is 0 Å². The van der Waals surface area contributed by atoms with Gasteiger partial charge in [0.25, 0.3) is 0 Å². The predicted octanol–water partition coefficient (Wildman–Crippen LogP) is 5.25. The van der Waals surface area contributed by atoms with E-state index < -0.39 is 6.09 Å². The summed E-state index contributed by atoms with van der Waals surface area (Å²) < 4.78 is 5.51. The molecule has 4 heteroatoms. The largest absolute Gasteiger partial charge is 0.417 e. The molecule has 0 saturated carbocycles. The van der Waals surface area contributed by atoms with Crippen molar-refractivity contribution in [2.75, 3.05) is 11.6 Å². The summed E-state index contributed by atoms with van der Waals surface area (Å²) >= 11 is 1.67. The lowest BCUT2D eigenvalue weighted by Crippen LogP contribution is -2.18. The monoisotopic (exact) mass is 315 g/mol. The third-order valence-electron chi connectivity index (χ3n) is 3.49. The average molecular weight is 315 g/mol. The number of ether oxygens (including phenoxy) is 1. The van der Waals surface area contributed by atoms with E-state index in [9.17, 15) is 4.79 Å². The molecule has 0 bridgehead atoms. The number of thioether (sulfide) groups is 1. The van der Waals surface area contributed by atoms with Crippen LogP contribution in [-0.2, 0) is 0 Å². The summed E-state index contributed by atoms with van der Waals surface area (Å²) in [5.74, 6) is 0.626. The van der Waals surface area contributed by atoms with Gasteiger partial charge in [-0.3, -0.25) is 5.32 Å². The number of anilines is 1. The quantitative estimate of drug-likeness (QED) is 0.786. The number of hydrogen-bond donors (Lipinski definition) is 1. The average Bonchev–Trinajstić information content (AvgIpc) is 2.46. The molecule has 22 heavy (non-hydrogen) atoms. The van der Waals surface area contributed by atoms with Gasteiger partial charge >= 0.3 is 6.09 Å². The minimum absolute atomic E-state index is 0.461. The zero-order valence-electron chi connectivity index (χ0n) is 13.6. The highest BCUT2D eigenvalue weighted by Crippen LogP contribution is 2.29. The first-order valence-corrected chi connectivity index (χ1v) is 8.34. The molecule has 1 N–H and O–H groups in total. The van der Waals surface area contributed by atoms with Gasteiger partial charge in [-0.25, -0.2) is 4.79 Å². The number of rotatable bonds is 3. The van der Waals surface area contributed by atoms with Gasteiger partial charge in [0.1, 0.15) is 5.75 Å². The lowest BCUT2D eigenvalue weighted by Gasteiger charge is -2.14. The highest BCUT2D eigenvalue weighted by molar-refractivity contribution is 7.98. The maximum absolute atomic E-state index is 12.2. The molecule has 0 aliphatic carbocycles. The number of carbonyl (C=O) groups excluding carboxylic acids is 1. The summed E-state index contributed by atoms with van der Waals surface area (Å²) in [5, 5.41) is 2.82. The molecule has 0 unspecified atom stereocenters. The Labute approximate surface area is 136 Å². The molecule has 3 nitrogen and oxygen atoms in total. The minimum atomic E-state index is -0.461. The van der Waals surface area contributed by atoms with E-state index in [4.69, 9.17) is 4.74 Å². The Bertz CT molecular complexity index is 687. The molecule has 0 aliphatic heterocycles. The summed E-state index contributed by atoms with van der Waals surface area (Å²) in [6.45, 7) is 7.85. The molecule has 0 saturated heterocycles. The summed E-state index contributed by atoms with van der Waals surface area (Å²) in [6.07, 6.45) is 1.57. The number of carbonyl (C=O) groups is 1. The van der Waals surface area contributed by atoms with E-state index in [0.29, 0.717) is 5.75 Å². The third kappa shape index (κ3) is 3.83. The Balaban J connectivity index is 2.17. The normalized spacial score (nSPS) is 10.4. The molecule has 0 aliphatic rings. The van der Waals surface area contributed by atoms with Gasteiger partial charge in [0.05, 0.1) is 0 Å². The van der Waals surface area contributed by atoms with Crippen molar-refractivity contribution in [1.29, 1.82) is 0 Å². The molecule has 2 aromatic rings. The first kappa shape index (κ1) is 16.4. The van der Waals surface area contributed by atoms with Gasteiger partial charge in [-0.2, -0.15) is 0 Å². The van der Waals surface area contributed by atoms with Crippen molar-refractivity contribution in [1.82, 2.24) is 0 Å². The van der Waals surface area contributed by atoms with Gasteiger partial charge in [0.2, 0.25) is 0 Å². The van der Waals surface area contributed by atoms with Crippen LogP contribution < -0.4 is 10.1 Å². The number of nitrogens with one attached hydrogen (secondary N) is 1. The summed E-state index contributed by atoms with van der Waals surface area (Å²) in [6, 6.07) is 9.99. The van der Waals surface area contributed by atoms with Crippen molar-refractivity contribution in [3.05, 3.63) is 52.6 Å². The van der Waals surface area contributed by atoms with Crippen molar-refractivity contribution in [2.24, 2.45) is 0 Å². The van der Waals surface area contributed by atoms with Crippen molar-refractivity contribution in [3.8, 4) is 5.75 Å². The highest BCUT2D eigenvalue weighted by atomic mass is 32.2. The van der Waals surface area contributed by atoms with E-state index in [0.717, 1.165) is 32.8 Å². The summed E-state index contributed by atoms with van der Waals surface area (Å²) in [7, 11) is 0. The van der Waals surface area contributed by atoms with Crippen LogP contribution in [-0.4, -0.2) is 12.3 Å². The molecule has 0 radical (unpaired) electrons. The maximum Gasteiger partial charge on any atom is 0.417 e. The van der Waals surface area contributed by atoms with Crippen LogP contribution in [0.15, 0.2) is 35.2 Å². The second-order valence-corrected chi connectivity index (χ2v) is 6.30. The third-order valence-corrected chi connectivity index (χ3v) is 4.20.